The van der Waals surface area contributed by atoms with Crippen LogP contribution in [0.2, 0.25) is 0 Å². The molecule has 1 saturated heterocycles. The Kier molecular flexibility index (Phi) is 4.20. The number of hydrogen-bond donors (Lipinski definition) is 2. The fraction of sp³-hybridized carbons (Fsp3) is 0.500. The molecule has 1 fully saturated rings. The first-order valence-electron chi connectivity index (χ1n) is 6.36. The predicted molar refractivity (Wildman–Crippen MR) is 71.4 cm³/mol. The van der Waals surface area contributed by atoms with Gasteiger partial charge in [0, 0.05) is 24.3 Å². The highest BCUT2D eigenvalue weighted by Gasteiger charge is 2.21. The standard InChI is InChI=1S/C14H20N2O2/c1-10(12-6-7-18-9-12)16-13-4-2-11(3-5-13)8-14(15)17/h2-5,10,12,16H,6-9H2,1H3,(H2,15,17). The van der Waals surface area contributed by atoms with Crippen molar-refractivity contribution >= 4 is 11.6 Å². The first-order valence-corrected chi connectivity index (χ1v) is 6.36. The highest BCUT2D eigenvalue weighted by Crippen LogP contribution is 2.20. The molecule has 0 radical (unpaired) electrons. The fourth-order valence-corrected chi connectivity index (χ4v) is 2.25. The first-order chi connectivity index (χ1) is 8.65. The minimum atomic E-state index is -0.299. The molecule has 1 amide bonds. The number of amides is 1. The van der Waals surface area contributed by atoms with Gasteiger partial charge in [-0.15, -0.1) is 0 Å². The van der Waals surface area contributed by atoms with Gasteiger partial charge in [-0.2, -0.15) is 0 Å². The van der Waals surface area contributed by atoms with Crippen molar-refractivity contribution in [2.45, 2.75) is 25.8 Å². The summed E-state index contributed by atoms with van der Waals surface area (Å²) >= 11 is 0. The van der Waals surface area contributed by atoms with Crippen molar-refractivity contribution < 1.29 is 9.53 Å². The van der Waals surface area contributed by atoms with E-state index in [9.17, 15) is 4.79 Å². The normalized spacial score (nSPS) is 20.6. The fourth-order valence-electron chi connectivity index (χ4n) is 2.25. The number of benzene rings is 1. The lowest BCUT2D eigenvalue weighted by Crippen LogP contribution is -2.26. The van der Waals surface area contributed by atoms with Crippen molar-refractivity contribution in [3.63, 3.8) is 0 Å². The zero-order valence-electron chi connectivity index (χ0n) is 10.7. The summed E-state index contributed by atoms with van der Waals surface area (Å²) in [6.07, 6.45) is 1.42. The van der Waals surface area contributed by atoms with Gasteiger partial charge in [-0.1, -0.05) is 12.1 Å². The monoisotopic (exact) mass is 248 g/mol. The van der Waals surface area contributed by atoms with Gasteiger partial charge in [0.15, 0.2) is 0 Å². The van der Waals surface area contributed by atoms with Gasteiger partial charge >= 0.3 is 0 Å². The van der Waals surface area contributed by atoms with Gasteiger partial charge < -0.3 is 15.8 Å². The molecular weight excluding hydrogens is 228 g/mol. The van der Waals surface area contributed by atoms with Gasteiger partial charge in [-0.3, -0.25) is 4.79 Å². The number of rotatable bonds is 5. The zero-order valence-corrected chi connectivity index (χ0v) is 10.7. The molecule has 1 aliphatic heterocycles. The van der Waals surface area contributed by atoms with E-state index < -0.39 is 0 Å². The van der Waals surface area contributed by atoms with E-state index in [1.165, 1.54) is 0 Å². The average Bonchev–Trinajstić information content (AvgIpc) is 2.84. The van der Waals surface area contributed by atoms with E-state index >= 15 is 0 Å². The number of carbonyl (C=O) groups is 1. The number of nitrogens with two attached hydrogens (primary N) is 1. The van der Waals surface area contributed by atoms with E-state index in [0.29, 0.717) is 18.4 Å². The first kappa shape index (κ1) is 12.9. The van der Waals surface area contributed by atoms with E-state index in [1.54, 1.807) is 0 Å². The number of hydrogen-bond acceptors (Lipinski definition) is 3. The highest BCUT2D eigenvalue weighted by molar-refractivity contribution is 5.76. The van der Waals surface area contributed by atoms with Crippen molar-refractivity contribution in [3.05, 3.63) is 29.8 Å². The quantitative estimate of drug-likeness (QED) is 0.831. The molecule has 1 aliphatic rings. The maximum atomic E-state index is 10.8. The lowest BCUT2D eigenvalue weighted by molar-refractivity contribution is -0.117. The van der Waals surface area contributed by atoms with Crippen molar-refractivity contribution in [2.24, 2.45) is 11.7 Å². The summed E-state index contributed by atoms with van der Waals surface area (Å²) < 4.78 is 5.39. The Morgan fingerprint density at radius 3 is 2.78 bits per heavy atom. The molecule has 1 heterocycles. The topological polar surface area (TPSA) is 64.3 Å². The number of ether oxygens (including phenoxy) is 1. The van der Waals surface area contributed by atoms with E-state index in [2.05, 4.69) is 12.2 Å². The van der Waals surface area contributed by atoms with Crippen LogP contribution in [-0.2, 0) is 16.0 Å². The van der Waals surface area contributed by atoms with Crippen LogP contribution in [0, 0.1) is 5.92 Å². The molecule has 0 bridgehead atoms. The molecule has 3 N–H and O–H groups in total. The van der Waals surface area contributed by atoms with Crippen LogP contribution >= 0.6 is 0 Å². The maximum Gasteiger partial charge on any atom is 0.221 e. The molecular formula is C14H20N2O2. The molecule has 2 unspecified atom stereocenters. The number of carbonyl (C=O) groups excluding carboxylic acids is 1. The minimum absolute atomic E-state index is 0.298. The highest BCUT2D eigenvalue weighted by atomic mass is 16.5. The van der Waals surface area contributed by atoms with Gasteiger partial charge in [0.2, 0.25) is 5.91 Å². The summed E-state index contributed by atoms with van der Waals surface area (Å²) in [7, 11) is 0. The average molecular weight is 248 g/mol. The van der Waals surface area contributed by atoms with Crippen LogP contribution < -0.4 is 11.1 Å². The van der Waals surface area contributed by atoms with Gasteiger partial charge in [-0.25, -0.2) is 0 Å². The van der Waals surface area contributed by atoms with Crippen LogP contribution in [0.5, 0.6) is 0 Å². The van der Waals surface area contributed by atoms with Crippen molar-refractivity contribution in [1.29, 1.82) is 0 Å². The van der Waals surface area contributed by atoms with Crippen LogP contribution in [0.15, 0.2) is 24.3 Å². The summed E-state index contributed by atoms with van der Waals surface area (Å²) in [6, 6.07) is 8.25. The van der Waals surface area contributed by atoms with E-state index in [4.69, 9.17) is 10.5 Å². The molecule has 4 nitrogen and oxygen atoms in total. The molecule has 2 atom stereocenters. The Bertz CT molecular complexity index is 397. The third-order valence-electron chi connectivity index (χ3n) is 3.40. The molecule has 0 aliphatic carbocycles. The predicted octanol–water partition coefficient (Wildman–Crippen LogP) is 1.55. The SMILES string of the molecule is CC(Nc1ccc(CC(N)=O)cc1)C1CCOC1. The van der Waals surface area contributed by atoms with Gasteiger partial charge in [0.1, 0.15) is 0 Å². The smallest absolute Gasteiger partial charge is 0.221 e. The number of primary amides is 1. The molecule has 2 rings (SSSR count). The molecule has 0 spiro atoms. The number of nitrogens with one attached hydrogen (secondary N) is 1. The van der Waals surface area contributed by atoms with Crippen molar-refractivity contribution in [3.8, 4) is 0 Å². The Morgan fingerprint density at radius 1 is 1.50 bits per heavy atom. The van der Waals surface area contributed by atoms with Crippen LogP contribution in [0.3, 0.4) is 0 Å². The van der Waals surface area contributed by atoms with Crippen LogP contribution in [0.25, 0.3) is 0 Å². The van der Waals surface area contributed by atoms with Crippen molar-refractivity contribution in [1.82, 2.24) is 0 Å². The van der Waals surface area contributed by atoms with Crippen molar-refractivity contribution in [2.75, 3.05) is 18.5 Å². The second-order valence-electron chi connectivity index (χ2n) is 4.90. The summed E-state index contributed by atoms with van der Waals surface area (Å²) in [6.45, 7) is 3.89. The third-order valence-corrected chi connectivity index (χ3v) is 3.40. The molecule has 1 aromatic carbocycles. The van der Waals surface area contributed by atoms with Gasteiger partial charge in [-0.05, 0) is 31.0 Å². The second kappa shape index (κ2) is 5.87. The summed E-state index contributed by atoms with van der Waals surface area (Å²) in [5, 5.41) is 3.47. The van der Waals surface area contributed by atoms with Gasteiger partial charge in [0.05, 0.1) is 13.0 Å². The van der Waals surface area contributed by atoms with E-state index in [1.807, 2.05) is 24.3 Å². The number of anilines is 1. The lowest BCUT2D eigenvalue weighted by Gasteiger charge is -2.20. The summed E-state index contributed by atoms with van der Waals surface area (Å²) in [5.41, 5.74) is 7.18. The molecule has 98 valence electrons. The van der Waals surface area contributed by atoms with Gasteiger partial charge in [0.25, 0.3) is 0 Å². The van der Waals surface area contributed by atoms with Crippen LogP contribution in [-0.4, -0.2) is 25.2 Å². The maximum absolute atomic E-state index is 10.8. The van der Waals surface area contributed by atoms with E-state index in [-0.39, 0.29) is 5.91 Å². The largest absolute Gasteiger partial charge is 0.382 e. The van der Waals surface area contributed by atoms with E-state index in [0.717, 1.165) is 30.9 Å². The zero-order chi connectivity index (χ0) is 13.0. The molecule has 18 heavy (non-hydrogen) atoms. The molecule has 4 heteroatoms. The Morgan fingerprint density at radius 2 is 2.22 bits per heavy atom. The summed E-state index contributed by atoms with van der Waals surface area (Å²) in [5.74, 6) is 0.280. The Hall–Kier alpha value is -1.55. The molecule has 0 saturated carbocycles. The van der Waals surface area contributed by atoms with Crippen LogP contribution in [0.1, 0.15) is 18.9 Å². The molecule has 0 aromatic heterocycles. The third kappa shape index (κ3) is 3.47. The van der Waals surface area contributed by atoms with Crippen LogP contribution in [0.4, 0.5) is 5.69 Å². The molecule has 1 aromatic rings. The lowest BCUT2D eigenvalue weighted by atomic mass is 10.0. The minimum Gasteiger partial charge on any atom is -0.382 e. The summed E-state index contributed by atoms with van der Waals surface area (Å²) in [4.78, 5) is 10.8. The Balaban J connectivity index is 1.91. The Labute approximate surface area is 108 Å². The second-order valence-corrected chi connectivity index (χ2v) is 4.90.